The molecule has 132 valence electrons. The Balaban J connectivity index is 1.69. The number of nitro benzene ring substituents is 1. The molecule has 2 aliphatic heterocycles. The van der Waals surface area contributed by atoms with Crippen LogP contribution >= 0.6 is 0 Å². The van der Waals surface area contributed by atoms with Crippen molar-refractivity contribution in [3.63, 3.8) is 0 Å². The average Bonchev–Trinajstić information content (AvgIpc) is 2.46. The number of hydrogen-bond acceptors (Lipinski definition) is 7. The molecule has 3 rings (SSSR count). The lowest BCUT2D eigenvalue weighted by atomic mass is 10.0. The van der Waals surface area contributed by atoms with E-state index in [0.717, 1.165) is 45.2 Å². The van der Waals surface area contributed by atoms with Crippen molar-refractivity contribution >= 4 is 21.4 Å². The monoisotopic (exact) mass is 356 g/mol. The van der Waals surface area contributed by atoms with E-state index in [-0.39, 0.29) is 16.6 Å². The van der Waals surface area contributed by atoms with E-state index in [1.54, 1.807) is 0 Å². The summed E-state index contributed by atoms with van der Waals surface area (Å²) in [4.78, 5) is 12.7. The molecule has 1 aromatic carbocycles. The van der Waals surface area contributed by atoms with E-state index in [4.69, 9.17) is 9.88 Å². The molecule has 0 spiro atoms. The average molecular weight is 356 g/mol. The molecule has 2 fully saturated rings. The number of sulfonamides is 1. The first-order valence-corrected chi connectivity index (χ1v) is 9.29. The van der Waals surface area contributed by atoms with Crippen molar-refractivity contribution in [3.05, 3.63) is 28.3 Å². The summed E-state index contributed by atoms with van der Waals surface area (Å²) in [7, 11) is -3.97. The third-order valence-corrected chi connectivity index (χ3v) is 5.43. The molecule has 0 atom stereocenters. The fourth-order valence-corrected chi connectivity index (χ4v) is 3.56. The summed E-state index contributed by atoms with van der Waals surface area (Å²) in [6.07, 6.45) is 1.73. The van der Waals surface area contributed by atoms with Crippen molar-refractivity contribution in [1.29, 1.82) is 0 Å². The smallest absolute Gasteiger partial charge is 0.293 e. The highest BCUT2D eigenvalue weighted by atomic mass is 32.2. The summed E-state index contributed by atoms with van der Waals surface area (Å²) < 4.78 is 27.9. The van der Waals surface area contributed by atoms with Gasteiger partial charge in [0.25, 0.3) is 5.69 Å². The van der Waals surface area contributed by atoms with Crippen molar-refractivity contribution in [2.45, 2.75) is 29.8 Å². The highest BCUT2D eigenvalue weighted by Gasteiger charge is 2.30. The van der Waals surface area contributed by atoms with Crippen LogP contribution in [-0.4, -0.2) is 56.6 Å². The number of nitrogens with one attached hydrogen (secondary N) is 1. The fourth-order valence-electron chi connectivity index (χ4n) is 3.02. The standard InChI is InChI=1S/C14H20N4O5S/c15-24(21,22)12-1-2-13(14(7-12)18(19)20)16-10-3-5-17(6-4-10)11-8-23-9-11/h1-2,7,10-11,16H,3-6,8-9H2,(H2,15,21,22). The molecule has 2 aliphatic rings. The molecule has 0 bridgehead atoms. The van der Waals surface area contributed by atoms with Crippen LogP contribution in [0, 0.1) is 10.1 Å². The van der Waals surface area contributed by atoms with E-state index >= 15 is 0 Å². The Labute approximate surface area is 140 Å². The zero-order chi connectivity index (χ0) is 17.3. The number of nitrogens with two attached hydrogens (primary N) is 1. The summed E-state index contributed by atoms with van der Waals surface area (Å²) in [6, 6.07) is 4.30. The number of rotatable bonds is 5. The maximum atomic E-state index is 11.4. The number of piperidine rings is 1. The third kappa shape index (κ3) is 3.66. The Morgan fingerprint density at radius 2 is 1.96 bits per heavy atom. The number of hydrogen-bond donors (Lipinski definition) is 2. The van der Waals surface area contributed by atoms with Gasteiger partial charge in [0.1, 0.15) is 5.69 Å². The molecule has 1 aromatic rings. The Morgan fingerprint density at radius 1 is 1.29 bits per heavy atom. The van der Waals surface area contributed by atoms with Gasteiger partial charge in [0.05, 0.1) is 29.1 Å². The summed E-state index contributed by atoms with van der Waals surface area (Å²) in [5.41, 5.74) is 0.0363. The first-order chi connectivity index (χ1) is 11.3. The van der Waals surface area contributed by atoms with E-state index in [1.807, 2.05) is 0 Å². The summed E-state index contributed by atoms with van der Waals surface area (Å²) in [5.74, 6) is 0. The first kappa shape index (κ1) is 17.1. The van der Waals surface area contributed by atoms with Gasteiger partial charge in [-0.05, 0) is 25.0 Å². The summed E-state index contributed by atoms with van der Waals surface area (Å²) >= 11 is 0. The Hall–Kier alpha value is -1.75. The number of ether oxygens (including phenoxy) is 1. The highest BCUT2D eigenvalue weighted by molar-refractivity contribution is 7.89. The van der Waals surface area contributed by atoms with Gasteiger partial charge in [0.2, 0.25) is 10.0 Å². The van der Waals surface area contributed by atoms with Crippen LogP contribution in [-0.2, 0) is 14.8 Å². The second-order valence-electron chi connectivity index (χ2n) is 6.13. The van der Waals surface area contributed by atoms with Gasteiger partial charge in [-0.25, -0.2) is 13.6 Å². The molecule has 24 heavy (non-hydrogen) atoms. The van der Waals surface area contributed by atoms with Crippen LogP contribution in [0.3, 0.4) is 0 Å². The molecule has 0 saturated carbocycles. The number of primary sulfonamides is 1. The van der Waals surface area contributed by atoms with Crippen LogP contribution in [0.15, 0.2) is 23.1 Å². The largest absolute Gasteiger partial charge is 0.378 e. The molecule has 0 unspecified atom stereocenters. The van der Waals surface area contributed by atoms with Crippen LogP contribution in [0.2, 0.25) is 0 Å². The highest BCUT2D eigenvalue weighted by Crippen LogP contribution is 2.29. The zero-order valence-electron chi connectivity index (χ0n) is 13.1. The van der Waals surface area contributed by atoms with Gasteiger partial charge in [-0.2, -0.15) is 0 Å². The molecule has 0 radical (unpaired) electrons. The molecule has 9 nitrogen and oxygen atoms in total. The van der Waals surface area contributed by atoms with Gasteiger partial charge in [-0.1, -0.05) is 0 Å². The van der Waals surface area contributed by atoms with Crippen LogP contribution in [0.5, 0.6) is 0 Å². The normalized spacial score (nSPS) is 20.5. The Bertz CT molecular complexity index is 727. The SMILES string of the molecule is NS(=O)(=O)c1ccc(NC2CCN(C3COC3)CC2)c([N+](=O)[O-])c1. The fraction of sp³-hybridized carbons (Fsp3) is 0.571. The molecule has 0 aromatic heterocycles. The van der Waals surface area contributed by atoms with Gasteiger partial charge in [-0.3, -0.25) is 15.0 Å². The lowest BCUT2D eigenvalue weighted by molar-refractivity contribution is -0.384. The quantitative estimate of drug-likeness (QED) is 0.581. The second-order valence-corrected chi connectivity index (χ2v) is 7.69. The minimum Gasteiger partial charge on any atom is -0.378 e. The molecule has 0 aliphatic carbocycles. The van der Waals surface area contributed by atoms with Gasteiger partial charge in [-0.15, -0.1) is 0 Å². The first-order valence-electron chi connectivity index (χ1n) is 7.74. The predicted molar refractivity (Wildman–Crippen MR) is 87.3 cm³/mol. The molecule has 2 saturated heterocycles. The third-order valence-electron chi connectivity index (χ3n) is 4.52. The van der Waals surface area contributed by atoms with Crippen LogP contribution in [0.1, 0.15) is 12.8 Å². The lowest BCUT2D eigenvalue weighted by Crippen LogP contribution is -2.53. The van der Waals surface area contributed by atoms with Crippen molar-refractivity contribution in [2.24, 2.45) is 5.14 Å². The second kappa shape index (κ2) is 6.63. The van der Waals surface area contributed by atoms with Gasteiger partial charge in [0, 0.05) is 25.2 Å². The maximum Gasteiger partial charge on any atom is 0.293 e. The molecule has 2 heterocycles. The van der Waals surface area contributed by atoms with E-state index < -0.39 is 14.9 Å². The zero-order valence-corrected chi connectivity index (χ0v) is 13.9. The van der Waals surface area contributed by atoms with Crippen LogP contribution in [0.4, 0.5) is 11.4 Å². The summed E-state index contributed by atoms with van der Waals surface area (Å²) in [5, 5.41) is 19.4. The maximum absolute atomic E-state index is 11.4. The van der Waals surface area contributed by atoms with Crippen molar-refractivity contribution in [1.82, 2.24) is 4.90 Å². The molecule has 3 N–H and O–H groups in total. The van der Waals surface area contributed by atoms with Gasteiger partial charge < -0.3 is 10.1 Å². The summed E-state index contributed by atoms with van der Waals surface area (Å²) in [6.45, 7) is 3.38. The van der Waals surface area contributed by atoms with E-state index in [9.17, 15) is 18.5 Å². The van der Waals surface area contributed by atoms with E-state index in [0.29, 0.717) is 11.7 Å². The Kier molecular flexibility index (Phi) is 4.72. The van der Waals surface area contributed by atoms with Gasteiger partial charge in [0.15, 0.2) is 0 Å². The van der Waals surface area contributed by atoms with Crippen molar-refractivity contribution in [3.8, 4) is 0 Å². The molecular weight excluding hydrogens is 336 g/mol. The Morgan fingerprint density at radius 3 is 2.46 bits per heavy atom. The molecule has 0 amide bonds. The van der Waals surface area contributed by atoms with Crippen molar-refractivity contribution < 1.29 is 18.1 Å². The molecular formula is C14H20N4O5S. The number of nitro groups is 1. The number of likely N-dealkylation sites (tertiary alicyclic amines) is 1. The number of nitrogens with zero attached hydrogens (tertiary/aromatic N) is 2. The predicted octanol–water partition coefficient (Wildman–Crippen LogP) is 0.517. The van der Waals surface area contributed by atoms with E-state index in [1.165, 1.54) is 12.1 Å². The van der Waals surface area contributed by atoms with E-state index in [2.05, 4.69) is 10.2 Å². The molecule has 10 heteroatoms. The van der Waals surface area contributed by atoms with Crippen LogP contribution < -0.4 is 10.5 Å². The topological polar surface area (TPSA) is 128 Å². The lowest BCUT2D eigenvalue weighted by Gasteiger charge is -2.41. The van der Waals surface area contributed by atoms with Crippen LogP contribution in [0.25, 0.3) is 0 Å². The van der Waals surface area contributed by atoms with Crippen molar-refractivity contribution in [2.75, 3.05) is 31.6 Å². The number of benzene rings is 1. The minimum absolute atomic E-state index is 0.112. The van der Waals surface area contributed by atoms with Gasteiger partial charge >= 0.3 is 0 Å². The minimum atomic E-state index is -3.97. The number of anilines is 1.